The van der Waals surface area contributed by atoms with E-state index in [1.165, 1.54) is 23.7 Å². The Kier molecular flexibility index (Phi) is 6.66. The number of carbonyl (C=O) groups excluding carboxylic acids is 2. The summed E-state index contributed by atoms with van der Waals surface area (Å²) in [4.78, 5) is 42.3. The zero-order chi connectivity index (χ0) is 19.4. The number of nitrogens with zero attached hydrogens (tertiary/aromatic N) is 3. The van der Waals surface area contributed by atoms with E-state index in [4.69, 9.17) is 11.6 Å². The van der Waals surface area contributed by atoms with Crippen LogP contribution in [0.4, 0.5) is 0 Å². The smallest absolute Gasteiger partial charge is 0.262 e. The van der Waals surface area contributed by atoms with Crippen LogP contribution >= 0.6 is 23.4 Å². The third-order valence-corrected chi connectivity index (χ3v) is 4.93. The van der Waals surface area contributed by atoms with Crippen molar-refractivity contribution >= 4 is 46.1 Å². The molecule has 9 heteroatoms. The predicted octanol–water partition coefficient (Wildman–Crippen LogP) is 1.93. The van der Waals surface area contributed by atoms with Gasteiger partial charge in [-0.2, -0.15) is 0 Å². The molecule has 0 bridgehead atoms. The number of rotatable bonds is 6. The minimum atomic E-state index is -0.247. The van der Waals surface area contributed by atoms with Gasteiger partial charge in [0, 0.05) is 25.2 Å². The maximum atomic E-state index is 12.8. The first-order chi connectivity index (χ1) is 12.2. The number of amides is 2. The lowest BCUT2D eigenvalue weighted by molar-refractivity contribution is -0.132. The molecule has 26 heavy (non-hydrogen) atoms. The van der Waals surface area contributed by atoms with Crippen LogP contribution in [0.1, 0.15) is 19.9 Å². The number of aromatic nitrogens is 2. The Balaban J connectivity index is 2.30. The average Bonchev–Trinajstić information content (AvgIpc) is 2.58. The summed E-state index contributed by atoms with van der Waals surface area (Å²) in [6.45, 7) is 3.75. The van der Waals surface area contributed by atoms with Crippen LogP contribution in [-0.2, 0) is 9.59 Å². The first-order valence-corrected chi connectivity index (χ1v) is 9.40. The molecule has 0 aliphatic carbocycles. The van der Waals surface area contributed by atoms with Crippen LogP contribution in [0.2, 0.25) is 5.02 Å². The van der Waals surface area contributed by atoms with E-state index >= 15 is 0 Å². The Labute approximate surface area is 160 Å². The maximum absolute atomic E-state index is 12.8. The fourth-order valence-electron chi connectivity index (χ4n) is 2.33. The molecular formula is C17H21ClN4O3S. The minimum Gasteiger partial charge on any atom is -0.358 e. The highest BCUT2D eigenvalue weighted by atomic mass is 35.5. The molecule has 1 N–H and O–H groups in total. The second-order valence-electron chi connectivity index (χ2n) is 6.04. The molecule has 0 aliphatic rings. The van der Waals surface area contributed by atoms with Crippen LogP contribution in [0.5, 0.6) is 0 Å². The minimum absolute atomic E-state index is 0.0202. The summed E-state index contributed by atoms with van der Waals surface area (Å²) in [5, 5.41) is 3.89. The van der Waals surface area contributed by atoms with Gasteiger partial charge in [0.25, 0.3) is 5.56 Å². The molecule has 0 atom stereocenters. The van der Waals surface area contributed by atoms with Gasteiger partial charge in [-0.1, -0.05) is 23.4 Å². The van der Waals surface area contributed by atoms with Crippen molar-refractivity contribution in [3.8, 4) is 0 Å². The Hall–Kier alpha value is -2.06. The molecule has 140 valence electrons. The van der Waals surface area contributed by atoms with Crippen molar-refractivity contribution in [2.45, 2.75) is 25.0 Å². The summed E-state index contributed by atoms with van der Waals surface area (Å²) in [6, 6.07) is 4.83. The van der Waals surface area contributed by atoms with Gasteiger partial charge in [0.05, 0.1) is 23.2 Å². The SMILES string of the molecule is CNC(=O)CN(C)C(=O)CSc1nc2cc(Cl)ccc2c(=O)n1C(C)C. The molecule has 0 radical (unpaired) electrons. The van der Waals surface area contributed by atoms with Gasteiger partial charge in [0.1, 0.15) is 0 Å². The summed E-state index contributed by atoms with van der Waals surface area (Å²) in [5.74, 6) is -0.406. The fourth-order valence-corrected chi connectivity index (χ4v) is 3.56. The summed E-state index contributed by atoms with van der Waals surface area (Å²) < 4.78 is 1.56. The van der Waals surface area contributed by atoms with Crippen LogP contribution in [0, 0.1) is 0 Å². The van der Waals surface area contributed by atoms with E-state index in [1.54, 1.807) is 29.8 Å². The lowest BCUT2D eigenvalue weighted by Crippen LogP contribution is -2.37. The highest BCUT2D eigenvalue weighted by molar-refractivity contribution is 7.99. The van der Waals surface area contributed by atoms with Gasteiger partial charge in [0.15, 0.2) is 5.16 Å². The molecule has 0 unspecified atom stereocenters. The number of thioether (sulfide) groups is 1. The summed E-state index contributed by atoms with van der Waals surface area (Å²) in [5.41, 5.74) is 0.323. The van der Waals surface area contributed by atoms with Gasteiger partial charge in [0.2, 0.25) is 11.8 Å². The molecule has 2 rings (SSSR count). The first-order valence-electron chi connectivity index (χ1n) is 8.03. The number of carbonyl (C=O) groups is 2. The number of hydrogen-bond acceptors (Lipinski definition) is 5. The van der Waals surface area contributed by atoms with E-state index in [1.807, 2.05) is 13.8 Å². The van der Waals surface area contributed by atoms with Gasteiger partial charge in [-0.15, -0.1) is 0 Å². The number of halogens is 1. The van der Waals surface area contributed by atoms with Gasteiger partial charge >= 0.3 is 0 Å². The van der Waals surface area contributed by atoms with E-state index in [0.717, 1.165) is 0 Å². The second-order valence-corrected chi connectivity index (χ2v) is 7.42. The standard InChI is InChI=1S/C17H21ClN4O3S/c1-10(2)22-16(25)12-6-5-11(18)7-13(12)20-17(22)26-9-15(24)21(4)8-14(23)19-3/h5-7,10H,8-9H2,1-4H3,(H,19,23). The number of nitrogens with one attached hydrogen (secondary N) is 1. The highest BCUT2D eigenvalue weighted by Gasteiger charge is 2.17. The monoisotopic (exact) mass is 396 g/mol. The van der Waals surface area contributed by atoms with Crippen LogP contribution in [-0.4, -0.2) is 52.7 Å². The first kappa shape index (κ1) is 20.3. The Morgan fingerprint density at radius 3 is 2.69 bits per heavy atom. The predicted molar refractivity (Wildman–Crippen MR) is 104 cm³/mol. The van der Waals surface area contributed by atoms with Crippen LogP contribution < -0.4 is 10.9 Å². The molecule has 1 aromatic heterocycles. The largest absolute Gasteiger partial charge is 0.358 e. The quantitative estimate of drug-likeness (QED) is 0.595. The topological polar surface area (TPSA) is 84.3 Å². The summed E-state index contributed by atoms with van der Waals surface area (Å²) in [6.07, 6.45) is 0. The zero-order valence-electron chi connectivity index (χ0n) is 15.1. The lowest BCUT2D eigenvalue weighted by atomic mass is 10.2. The van der Waals surface area contributed by atoms with Gasteiger partial charge in [-0.3, -0.25) is 19.0 Å². The molecule has 0 aliphatic heterocycles. The summed E-state index contributed by atoms with van der Waals surface area (Å²) >= 11 is 7.17. The van der Waals surface area contributed by atoms with Crippen molar-refractivity contribution < 1.29 is 9.59 Å². The average molecular weight is 397 g/mol. The molecule has 0 fully saturated rings. The number of hydrogen-bond donors (Lipinski definition) is 1. The molecule has 0 spiro atoms. The fraction of sp³-hybridized carbons (Fsp3) is 0.412. The zero-order valence-corrected chi connectivity index (χ0v) is 16.6. The number of benzene rings is 1. The van der Waals surface area contributed by atoms with Gasteiger partial charge < -0.3 is 10.2 Å². The molecular weight excluding hydrogens is 376 g/mol. The second kappa shape index (κ2) is 8.55. The molecule has 7 nitrogen and oxygen atoms in total. The van der Waals surface area contributed by atoms with Crippen molar-refractivity contribution in [1.29, 1.82) is 0 Å². The molecule has 2 aromatic rings. The van der Waals surface area contributed by atoms with E-state index in [9.17, 15) is 14.4 Å². The number of fused-ring (bicyclic) bond motifs is 1. The van der Waals surface area contributed by atoms with Crippen molar-refractivity contribution in [2.75, 3.05) is 26.4 Å². The molecule has 1 aromatic carbocycles. The number of likely N-dealkylation sites (N-methyl/N-ethyl adjacent to an activating group) is 2. The van der Waals surface area contributed by atoms with Crippen molar-refractivity contribution in [1.82, 2.24) is 19.8 Å². The van der Waals surface area contributed by atoms with Gasteiger partial charge in [-0.25, -0.2) is 4.98 Å². The highest BCUT2D eigenvalue weighted by Crippen LogP contribution is 2.23. The molecule has 0 saturated carbocycles. The summed E-state index contributed by atoms with van der Waals surface area (Å²) in [7, 11) is 3.07. The Bertz CT molecular complexity index is 897. The Morgan fingerprint density at radius 2 is 2.08 bits per heavy atom. The lowest BCUT2D eigenvalue weighted by Gasteiger charge is -2.18. The van der Waals surface area contributed by atoms with Crippen LogP contribution in [0.3, 0.4) is 0 Å². The van der Waals surface area contributed by atoms with E-state index in [-0.39, 0.29) is 35.7 Å². The van der Waals surface area contributed by atoms with E-state index in [0.29, 0.717) is 21.1 Å². The molecule has 0 saturated heterocycles. The van der Waals surface area contributed by atoms with Crippen LogP contribution in [0.15, 0.2) is 28.2 Å². The Morgan fingerprint density at radius 1 is 1.38 bits per heavy atom. The third kappa shape index (κ3) is 4.56. The third-order valence-electron chi connectivity index (χ3n) is 3.76. The van der Waals surface area contributed by atoms with Crippen LogP contribution in [0.25, 0.3) is 10.9 Å². The molecule has 2 amide bonds. The maximum Gasteiger partial charge on any atom is 0.262 e. The normalized spacial score (nSPS) is 11.0. The van der Waals surface area contributed by atoms with E-state index in [2.05, 4.69) is 10.3 Å². The van der Waals surface area contributed by atoms with Crippen molar-refractivity contribution in [2.24, 2.45) is 0 Å². The van der Waals surface area contributed by atoms with Crippen molar-refractivity contribution in [3.05, 3.63) is 33.6 Å². The van der Waals surface area contributed by atoms with E-state index < -0.39 is 0 Å². The van der Waals surface area contributed by atoms with Crippen molar-refractivity contribution in [3.63, 3.8) is 0 Å². The van der Waals surface area contributed by atoms with Gasteiger partial charge in [-0.05, 0) is 32.0 Å². The molecule has 1 heterocycles.